The summed E-state index contributed by atoms with van der Waals surface area (Å²) in [6.45, 7) is 3.30. The van der Waals surface area contributed by atoms with Crippen molar-refractivity contribution in [2.24, 2.45) is 0 Å². The molecule has 0 aliphatic carbocycles. The third-order valence-electron chi connectivity index (χ3n) is 1.72. The monoisotopic (exact) mass is 227 g/mol. The zero-order chi connectivity index (χ0) is 12.3. The fourth-order valence-electron chi connectivity index (χ4n) is 1.06. The number of benzene rings is 1. The molecule has 0 spiro atoms. The number of ether oxygens (including phenoxy) is 1. The Hall–Kier alpha value is -1.98. The van der Waals surface area contributed by atoms with E-state index in [9.17, 15) is 19.3 Å². The zero-order valence-electron chi connectivity index (χ0n) is 8.77. The van der Waals surface area contributed by atoms with E-state index in [2.05, 4.69) is 0 Å². The van der Waals surface area contributed by atoms with Crippen molar-refractivity contribution in [1.82, 2.24) is 0 Å². The van der Waals surface area contributed by atoms with Crippen molar-refractivity contribution in [3.05, 3.63) is 39.7 Å². The largest absolute Gasteiger partial charge is 0.459 e. The third kappa shape index (κ3) is 2.75. The second-order valence-corrected chi connectivity index (χ2v) is 3.38. The van der Waals surface area contributed by atoms with Gasteiger partial charge >= 0.3 is 11.7 Å². The Labute approximate surface area is 91.0 Å². The van der Waals surface area contributed by atoms with Crippen molar-refractivity contribution in [1.29, 1.82) is 0 Å². The number of nitro benzene ring substituents is 1. The van der Waals surface area contributed by atoms with Gasteiger partial charge in [-0.05, 0) is 26.0 Å². The topological polar surface area (TPSA) is 69.4 Å². The number of rotatable bonds is 3. The molecule has 0 bridgehead atoms. The van der Waals surface area contributed by atoms with Gasteiger partial charge in [0.2, 0.25) is 5.82 Å². The molecule has 1 rings (SSSR count). The van der Waals surface area contributed by atoms with Gasteiger partial charge in [0.05, 0.1) is 16.6 Å². The number of carbonyl (C=O) groups is 1. The molecular weight excluding hydrogens is 217 g/mol. The Morgan fingerprint density at radius 1 is 1.50 bits per heavy atom. The summed E-state index contributed by atoms with van der Waals surface area (Å²) in [6, 6.07) is 2.89. The van der Waals surface area contributed by atoms with Crippen LogP contribution in [0.5, 0.6) is 0 Å². The van der Waals surface area contributed by atoms with Gasteiger partial charge in [-0.25, -0.2) is 4.79 Å². The first-order valence-corrected chi connectivity index (χ1v) is 4.56. The average Bonchev–Trinajstić information content (AvgIpc) is 2.15. The first kappa shape index (κ1) is 12.1. The summed E-state index contributed by atoms with van der Waals surface area (Å²) in [7, 11) is 0. The molecule has 0 atom stereocenters. The van der Waals surface area contributed by atoms with Crippen LogP contribution in [0.15, 0.2) is 18.2 Å². The van der Waals surface area contributed by atoms with E-state index in [1.165, 1.54) is 0 Å². The van der Waals surface area contributed by atoms with Gasteiger partial charge in [0.1, 0.15) is 0 Å². The molecule has 0 unspecified atom stereocenters. The predicted octanol–water partition coefficient (Wildman–Crippen LogP) is 2.30. The molecule has 0 amide bonds. The lowest BCUT2D eigenvalue weighted by molar-refractivity contribution is -0.387. The molecule has 0 radical (unpaired) electrons. The lowest BCUT2D eigenvalue weighted by Crippen LogP contribution is -2.12. The van der Waals surface area contributed by atoms with Crippen molar-refractivity contribution in [2.75, 3.05) is 0 Å². The smallest absolute Gasteiger partial charge is 0.338 e. The van der Waals surface area contributed by atoms with Gasteiger partial charge < -0.3 is 4.74 Å². The highest BCUT2D eigenvalue weighted by Crippen LogP contribution is 2.18. The highest BCUT2D eigenvalue weighted by atomic mass is 19.1. The van der Waals surface area contributed by atoms with E-state index in [1.807, 2.05) is 0 Å². The van der Waals surface area contributed by atoms with Crippen molar-refractivity contribution in [3.8, 4) is 0 Å². The van der Waals surface area contributed by atoms with Crippen molar-refractivity contribution in [3.63, 3.8) is 0 Å². The van der Waals surface area contributed by atoms with E-state index in [0.717, 1.165) is 18.2 Å². The predicted molar refractivity (Wildman–Crippen MR) is 53.6 cm³/mol. The SMILES string of the molecule is CC(C)OC(=O)c1ccc([N+](=O)[O-])c(F)c1. The van der Waals surface area contributed by atoms with Crippen LogP contribution in [0, 0.1) is 15.9 Å². The Kier molecular flexibility index (Phi) is 3.55. The van der Waals surface area contributed by atoms with E-state index in [1.54, 1.807) is 13.8 Å². The van der Waals surface area contributed by atoms with Gasteiger partial charge in [-0.15, -0.1) is 0 Å². The summed E-state index contributed by atoms with van der Waals surface area (Å²) < 4.78 is 18.0. The number of halogens is 1. The molecule has 0 aromatic heterocycles. The Balaban J connectivity index is 2.97. The first-order chi connectivity index (χ1) is 7.41. The molecule has 5 nitrogen and oxygen atoms in total. The first-order valence-electron chi connectivity index (χ1n) is 4.56. The van der Waals surface area contributed by atoms with Crippen LogP contribution in [0.1, 0.15) is 24.2 Å². The molecule has 0 saturated carbocycles. The molecule has 1 aromatic carbocycles. The number of hydrogen-bond acceptors (Lipinski definition) is 4. The second-order valence-electron chi connectivity index (χ2n) is 3.38. The highest BCUT2D eigenvalue weighted by molar-refractivity contribution is 5.89. The van der Waals surface area contributed by atoms with E-state index < -0.39 is 22.4 Å². The summed E-state index contributed by atoms with van der Waals surface area (Å²) in [4.78, 5) is 20.8. The fourth-order valence-corrected chi connectivity index (χ4v) is 1.06. The van der Waals surface area contributed by atoms with Crippen LogP contribution in [0.4, 0.5) is 10.1 Å². The van der Waals surface area contributed by atoms with Crippen LogP contribution in [-0.2, 0) is 4.74 Å². The maximum absolute atomic E-state index is 13.1. The minimum Gasteiger partial charge on any atom is -0.459 e. The molecule has 0 heterocycles. The molecule has 1 aromatic rings. The highest BCUT2D eigenvalue weighted by Gasteiger charge is 2.17. The Morgan fingerprint density at radius 2 is 2.12 bits per heavy atom. The molecule has 86 valence electrons. The Morgan fingerprint density at radius 3 is 2.56 bits per heavy atom. The number of hydrogen-bond donors (Lipinski definition) is 0. The summed E-state index contributed by atoms with van der Waals surface area (Å²) in [6.07, 6.45) is -0.328. The summed E-state index contributed by atoms with van der Waals surface area (Å²) >= 11 is 0. The van der Waals surface area contributed by atoms with Crippen LogP contribution in [-0.4, -0.2) is 17.0 Å². The van der Waals surface area contributed by atoms with Gasteiger partial charge in [-0.3, -0.25) is 10.1 Å². The maximum Gasteiger partial charge on any atom is 0.338 e. The van der Waals surface area contributed by atoms with Crippen molar-refractivity contribution in [2.45, 2.75) is 20.0 Å². The van der Waals surface area contributed by atoms with Crippen LogP contribution in [0.2, 0.25) is 0 Å². The minimum atomic E-state index is -1.05. The number of nitrogens with zero attached hydrogens (tertiary/aromatic N) is 1. The van der Waals surface area contributed by atoms with Gasteiger partial charge in [-0.1, -0.05) is 0 Å². The van der Waals surface area contributed by atoms with Gasteiger partial charge in [-0.2, -0.15) is 4.39 Å². The lowest BCUT2D eigenvalue weighted by Gasteiger charge is -2.07. The molecule has 0 saturated heterocycles. The molecule has 0 fully saturated rings. The molecule has 6 heteroatoms. The molecular formula is C10H10FNO4. The summed E-state index contributed by atoms with van der Waals surface area (Å²) in [5, 5.41) is 10.3. The molecule has 0 N–H and O–H groups in total. The standard InChI is InChI=1S/C10H10FNO4/c1-6(2)16-10(13)7-3-4-9(12(14)15)8(11)5-7/h3-6H,1-2H3. The quantitative estimate of drug-likeness (QED) is 0.451. The molecule has 16 heavy (non-hydrogen) atoms. The zero-order valence-corrected chi connectivity index (χ0v) is 8.77. The summed E-state index contributed by atoms with van der Waals surface area (Å²) in [5.41, 5.74) is -0.710. The second kappa shape index (κ2) is 4.69. The van der Waals surface area contributed by atoms with Crippen LogP contribution in [0.3, 0.4) is 0 Å². The average molecular weight is 227 g/mol. The lowest BCUT2D eigenvalue weighted by atomic mass is 10.2. The van der Waals surface area contributed by atoms with Crippen molar-refractivity contribution < 1.29 is 18.8 Å². The minimum absolute atomic E-state index is 0.0446. The number of nitro groups is 1. The van der Waals surface area contributed by atoms with E-state index in [0.29, 0.717) is 0 Å². The van der Waals surface area contributed by atoms with Crippen LogP contribution < -0.4 is 0 Å². The number of carbonyl (C=O) groups excluding carboxylic acids is 1. The normalized spacial score (nSPS) is 10.2. The van der Waals surface area contributed by atoms with Gasteiger partial charge in [0.25, 0.3) is 0 Å². The van der Waals surface area contributed by atoms with Gasteiger partial charge in [0.15, 0.2) is 0 Å². The van der Waals surface area contributed by atoms with Crippen LogP contribution in [0.25, 0.3) is 0 Å². The molecule has 0 aliphatic rings. The van der Waals surface area contributed by atoms with E-state index >= 15 is 0 Å². The van der Waals surface area contributed by atoms with E-state index in [-0.39, 0.29) is 11.7 Å². The van der Waals surface area contributed by atoms with E-state index in [4.69, 9.17) is 4.74 Å². The molecule has 0 aliphatic heterocycles. The van der Waals surface area contributed by atoms with Crippen LogP contribution >= 0.6 is 0 Å². The summed E-state index contributed by atoms with van der Waals surface area (Å²) in [5.74, 6) is -1.76. The Bertz CT molecular complexity index is 431. The fraction of sp³-hybridized carbons (Fsp3) is 0.300. The van der Waals surface area contributed by atoms with Crippen molar-refractivity contribution >= 4 is 11.7 Å². The van der Waals surface area contributed by atoms with Gasteiger partial charge in [0, 0.05) is 6.07 Å². The third-order valence-corrected chi connectivity index (χ3v) is 1.72. The number of esters is 1. The maximum atomic E-state index is 13.1.